The van der Waals surface area contributed by atoms with Crippen LogP contribution in [0.25, 0.3) is 0 Å². The Balaban J connectivity index is 2.52. The summed E-state index contributed by atoms with van der Waals surface area (Å²) in [6, 6.07) is 9.19. The van der Waals surface area contributed by atoms with E-state index in [2.05, 4.69) is 5.92 Å². The number of carbonyl (C=O) groups excluding carboxylic acids is 1. The summed E-state index contributed by atoms with van der Waals surface area (Å²) in [4.78, 5) is 23.7. The van der Waals surface area contributed by atoms with E-state index in [9.17, 15) is 9.59 Å². The van der Waals surface area contributed by atoms with Crippen LogP contribution >= 0.6 is 0 Å². The standard InChI is InChI=1S/C15H18N2O3/c1-2-10-17(11-15(19)20)14(18)9-8-13(16)12-6-4-3-5-7-12/h1,3-7,13H,8-11,16H2,(H,19,20). The molecule has 106 valence electrons. The molecule has 20 heavy (non-hydrogen) atoms. The number of nitrogens with two attached hydrogens (primary N) is 1. The summed E-state index contributed by atoms with van der Waals surface area (Å²) in [5, 5.41) is 8.73. The summed E-state index contributed by atoms with van der Waals surface area (Å²) in [5.41, 5.74) is 6.94. The molecule has 3 N–H and O–H groups in total. The third kappa shape index (κ3) is 5.12. The summed E-state index contributed by atoms with van der Waals surface area (Å²) in [5.74, 6) is 0.907. The second kappa shape index (κ2) is 7.97. The number of carboxylic acid groups (broad SMARTS) is 1. The highest BCUT2D eigenvalue weighted by Crippen LogP contribution is 2.15. The van der Waals surface area contributed by atoms with Crippen molar-refractivity contribution in [2.45, 2.75) is 18.9 Å². The molecular weight excluding hydrogens is 256 g/mol. The molecule has 5 heteroatoms. The zero-order valence-electron chi connectivity index (χ0n) is 11.2. The molecule has 0 aliphatic rings. The normalized spacial score (nSPS) is 11.4. The highest BCUT2D eigenvalue weighted by atomic mass is 16.4. The van der Waals surface area contributed by atoms with Gasteiger partial charge in [-0.05, 0) is 12.0 Å². The Hall–Kier alpha value is -2.32. The molecule has 1 aromatic carbocycles. The first kappa shape index (κ1) is 15.7. The van der Waals surface area contributed by atoms with Crippen molar-refractivity contribution < 1.29 is 14.7 Å². The van der Waals surface area contributed by atoms with Crippen LogP contribution in [0.2, 0.25) is 0 Å². The molecule has 1 unspecified atom stereocenters. The van der Waals surface area contributed by atoms with Crippen molar-refractivity contribution in [2.24, 2.45) is 5.73 Å². The molecule has 1 rings (SSSR count). The third-order valence-electron chi connectivity index (χ3n) is 2.86. The fourth-order valence-electron chi connectivity index (χ4n) is 1.81. The second-order valence-corrected chi connectivity index (χ2v) is 4.40. The Morgan fingerprint density at radius 2 is 2.00 bits per heavy atom. The molecule has 1 atom stereocenters. The molecule has 1 amide bonds. The van der Waals surface area contributed by atoms with E-state index in [-0.39, 0.29) is 31.5 Å². The summed E-state index contributed by atoms with van der Waals surface area (Å²) in [6.45, 7) is -0.394. The fraction of sp³-hybridized carbons (Fsp3) is 0.333. The van der Waals surface area contributed by atoms with Crippen LogP contribution in [0.15, 0.2) is 30.3 Å². The SMILES string of the molecule is C#CCN(CC(=O)O)C(=O)CCC(N)c1ccccc1. The maximum Gasteiger partial charge on any atom is 0.323 e. The van der Waals surface area contributed by atoms with Crippen LogP contribution in [0, 0.1) is 12.3 Å². The molecular formula is C15H18N2O3. The maximum absolute atomic E-state index is 11.9. The first-order valence-corrected chi connectivity index (χ1v) is 6.28. The lowest BCUT2D eigenvalue weighted by Crippen LogP contribution is -2.36. The maximum atomic E-state index is 11.9. The lowest BCUT2D eigenvalue weighted by Gasteiger charge is -2.19. The van der Waals surface area contributed by atoms with E-state index in [1.54, 1.807) is 0 Å². The third-order valence-corrected chi connectivity index (χ3v) is 2.86. The molecule has 0 aliphatic carbocycles. The van der Waals surface area contributed by atoms with Gasteiger partial charge in [0.1, 0.15) is 6.54 Å². The van der Waals surface area contributed by atoms with Crippen molar-refractivity contribution in [1.82, 2.24) is 4.90 Å². The van der Waals surface area contributed by atoms with Crippen LogP contribution in [0.3, 0.4) is 0 Å². The number of hydrogen-bond acceptors (Lipinski definition) is 3. The van der Waals surface area contributed by atoms with E-state index < -0.39 is 5.97 Å². The minimum absolute atomic E-state index is 0.00823. The van der Waals surface area contributed by atoms with Gasteiger partial charge in [-0.1, -0.05) is 36.3 Å². The number of amides is 1. The monoisotopic (exact) mass is 274 g/mol. The van der Waals surface area contributed by atoms with Gasteiger partial charge in [0.15, 0.2) is 0 Å². The predicted molar refractivity (Wildman–Crippen MR) is 75.7 cm³/mol. The van der Waals surface area contributed by atoms with Crippen LogP contribution in [-0.2, 0) is 9.59 Å². The number of carbonyl (C=O) groups is 2. The number of nitrogens with zero attached hydrogens (tertiary/aromatic N) is 1. The number of carboxylic acids is 1. The Bertz CT molecular complexity index is 494. The number of benzene rings is 1. The van der Waals surface area contributed by atoms with Gasteiger partial charge in [-0.3, -0.25) is 9.59 Å². The van der Waals surface area contributed by atoms with Gasteiger partial charge in [-0.25, -0.2) is 0 Å². The van der Waals surface area contributed by atoms with Gasteiger partial charge >= 0.3 is 5.97 Å². The number of rotatable bonds is 7. The summed E-state index contributed by atoms with van der Waals surface area (Å²) < 4.78 is 0. The average molecular weight is 274 g/mol. The topological polar surface area (TPSA) is 83.6 Å². The molecule has 0 fully saturated rings. The van der Waals surface area contributed by atoms with Gasteiger partial charge in [0, 0.05) is 12.5 Å². The van der Waals surface area contributed by atoms with E-state index in [1.165, 1.54) is 0 Å². The molecule has 1 aromatic rings. The van der Waals surface area contributed by atoms with Gasteiger partial charge in [0.25, 0.3) is 0 Å². The molecule has 0 aromatic heterocycles. The van der Waals surface area contributed by atoms with Crippen molar-refractivity contribution in [3.05, 3.63) is 35.9 Å². The van der Waals surface area contributed by atoms with E-state index in [0.29, 0.717) is 6.42 Å². The van der Waals surface area contributed by atoms with Gasteiger partial charge < -0.3 is 15.7 Å². The number of aliphatic carboxylic acids is 1. The zero-order chi connectivity index (χ0) is 15.0. The summed E-state index contributed by atoms with van der Waals surface area (Å²) in [6.07, 6.45) is 5.75. The molecule has 0 bridgehead atoms. The average Bonchev–Trinajstić information content (AvgIpc) is 2.44. The minimum Gasteiger partial charge on any atom is -0.480 e. The molecule has 0 heterocycles. The van der Waals surface area contributed by atoms with E-state index in [0.717, 1.165) is 10.5 Å². The lowest BCUT2D eigenvalue weighted by molar-refractivity contribution is -0.144. The molecule has 5 nitrogen and oxygen atoms in total. The van der Waals surface area contributed by atoms with E-state index in [4.69, 9.17) is 17.3 Å². The predicted octanol–water partition coefficient (Wildman–Crippen LogP) is 1.01. The number of terminal acetylenes is 1. The smallest absolute Gasteiger partial charge is 0.323 e. The van der Waals surface area contributed by atoms with Crippen LogP contribution in [0.1, 0.15) is 24.4 Å². The van der Waals surface area contributed by atoms with E-state index in [1.807, 2.05) is 30.3 Å². The van der Waals surface area contributed by atoms with E-state index >= 15 is 0 Å². The number of hydrogen-bond donors (Lipinski definition) is 2. The largest absolute Gasteiger partial charge is 0.480 e. The second-order valence-electron chi connectivity index (χ2n) is 4.40. The highest BCUT2D eigenvalue weighted by molar-refractivity contribution is 5.81. The van der Waals surface area contributed by atoms with Gasteiger partial charge in [0.2, 0.25) is 5.91 Å². The van der Waals surface area contributed by atoms with Gasteiger partial charge in [-0.15, -0.1) is 6.42 Å². The molecule has 0 spiro atoms. The van der Waals surface area contributed by atoms with Crippen molar-refractivity contribution in [1.29, 1.82) is 0 Å². The Morgan fingerprint density at radius 1 is 1.35 bits per heavy atom. The molecule has 0 saturated carbocycles. The van der Waals surface area contributed by atoms with Crippen LogP contribution in [0.4, 0.5) is 0 Å². The first-order chi connectivity index (χ1) is 9.54. The van der Waals surface area contributed by atoms with Crippen LogP contribution < -0.4 is 5.73 Å². The Kier molecular flexibility index (Phi) is 6.27. The first-order valence-electron chi connectivity index (χ1n) is 6.28. The zero-order valence-corrected chi connectivity index (χ0v) is 11.2. The minimum atomic E-state index is -1.08. The van der Waals surface area contributed by atoms with Crippen LogP contribution in [0.5, 0.6) is 0 Å². The van der Waals surface area contributed by atoms with Crippen molar-refractivity contribution in [2.75, 3.05) is 13.1 Å². The molecule has 0 saturated heterocycles. The van der Waals surface area contributed by atoms with Gasteiger partial charge in [-0.2, -0.15) is 0 Å². The van der Waals surface area contributed by atoms with Crippen molar-refractivity contribution in [3.8, 4) is 12.3 Å². The Morgan fingerprint density at radius 3 is 2.55 bits per heavy atom. The Labute approximate surface area is 118 Å². The van der Waals surface area contributed by atoms with Crippen LogP contribution in [-0.4, -0.2) is 35.0 Å². The fourth-order valence-corrected chi connectivity index (χ4v) is 1.81. The van der Waals surface area contributed by atoms with Crippen molar-refractivity contribution >= 4 is 11.9 Å². The quantitative estimate of drug-likeness (QED) is 0.727. The molecule has 0 radical (unpaired) electrons. The summed E-state index contributed by atoms with van der Waals surface area (Å²) in [7, 11) is 0. The van der Waals surface area contributed by atoms with Gasteiger partial charge in [0.05, 0.1) is 6.54 Å². The van der Waals surface area contributed by atoms with Crippen molar-refractivity contribution in [3.63, 3.8) is 0 Å². The lowest BCUT2D eigenvalue weighted by atomic mass is 10.0. The highest BCUT2D eigenvalue weighted by Gasteiger charge is 2.17. The summed E-state index contributed by atoms with van der Waals surface area (Å²) >= 11 is 0. The molecule has 0 aliphatic heterocycles.